The van der Waals surface area contributed by atoms with Gasteiger partial charge in [-0.3, -0.25) is 0 Å². The van der Waals surface area contributed by atoms with Crippen LogP contribution in [0, 0.1) is 6.92 Å². The van der Waals surface area contributed by atoms with Gasteiger partial charge in [0.1, 0.15) is 0 Å². The van der Waals surface area contributed by atoms with Crippen molar-refractivity contribution in [3.63, 3.8) is 0 Å². The normalized spacial score (nSPS) is 24.0. The zero-order chi connectivity index (χ0) is 16.4. The Bertz CT molecular complexity index is 787. The summed E-state index contributed by atoms with van der Waals surface area (Å²) in [6, 6.07) is 10.1. The molecule has 2 heterocycles. The molecule has 6 nitrogen and oxygen atoms in total. The molecular weight excluding hydrogens is 363 g/mol. The number of ether oxygens (including phenoxy) is 1. The van der Waals surface area contributed by atoms with Crippen molar-refractivity contribution in [2.45, 2.75) is 30.5 Å². The first-order valence-electron chi connectivity index (χ1n) is 7.38. The van der Waals surface area contributed by atoms with Crippen molar-refractivity contribution in [3.05, 3.63) is 62.9 Å². The molecule has 3 rings (SSSR count). The van der Waals surface area contributed by atoms with Crippen molar-refractivity contribution >= 4 is 19.4 Å². The van der Waals surface area contributed by atoms with Gasteiger partial charge in [0.05, 0.1) is 0 Å². The molecule has 2 N–H and O–H groups in total. The summed E-state index contributed by atoms with van der Waals surface area (Å²) in [7, 11) is 0. The number of aromatic amines is 1. The molecule has 1 aromatic carbocycles. The van der Waals surface area contributed by atoms with Crippen LogP contribution in [-0.4, -0.2) is 42.3 Å². The van der Waals surface area contributed by atoms with Crippen LogP contribution in [0.15, 0.2) is 46.1 Å². The SMILES string of the molecule is Cc1cn([C@H]2C[C@@H]([Se]c3ccccc3)[C@@H](CO)O2)c(=O)[nH]c1=O. The van der Waals surface area contributed by atoms with Gasteiger partial charge >= 0.3 is 139 Å². The maximum absolute atomic E-state index is 12.0. The van der Waals surface area contributed by atoms with Gasteiger partial charge in [0.2, 0.25) is 0 Å². The molecule has 2 aromatic rings. The Morgan fingerprint density at radius 2 is 2.09 bits per heavy atom. The van der Waals surface area contributed by atoms with Crippen LogP contribution >= 0.6 is 0 Å². The fourth-order valence-corrected chi connectivity index (χ4v) is 5.21. The zero-order valence-corrected chi connectivity index (χ0v) is 14.4. The van der Waals surface area contributed by atoms with Crippen LogP contribution in [0.5, 0.6) is 0 Å². The first-order chi connectivity index (χ1) is 11.1. The summed E-state index contributed by atoms with van der Waals surface area (Å²) in [5.74, 6) is 0. The van der Waals surface area contributed by atoms with E-state index in [1.54, 1.807) is 6.92 Å². The molecule has 1 fully saturated rings. The average molecular weight is 381 g/mol. The van der Waals surface area contributed by atoms with Crippen molar-refractivity contribution in [1.29, 1.82) is 0 Å². The second-order valence-electron chi connectivity index (χ2n) is 5.50. The Morgan fingerprint density at radius 3 is 2.78 bits per heavy atom. The van der Waals surface area contributed by atoms with Crippen LogP contribution in [-0.2, 0) is 4.74 Å². The van der Waals surface area contributed by atoms with Crippen LogP contribution in [0.1, 0.15) is 18.2 Å². The van der Waals surface area contributed by atoms with Crippen LogP contribution in [0.2, 0.25) is 4.82 Å². The Kier molecular flexibility index (Phi) is 4.82. The number of benzene rings is 1. The molecule has 1 saturated heterocycles. The first-order valence-corrected chi connectivity index (χ1v) is 9.23. The third kappa shape index (κ3) is 3.48. The van der Waals surface area contributed by atoms with Gasteiger partial charge in [-0.2, -0.15) is 0 Å². The number of aromatic nitrogens is 2. The number of rotatable bonds is 4. The predicted molar refractivity (Wildman–Crippen MR) is 87.3 cm³/mol. The van der Waals surface area contributed by atoms with E-state index in [0.29, 0.717) is 12.0 Å². The molecular formula is C16H18N2O4Se. The number of hydrogen-bond donors (Lipinski definition) is 2. The molecule has 1 aliphatic rings. The van der Waals surface area contributed by atoms with Gasteiger partial charge in [0, 0.05) is 0 Å². The van der Waals surface area contributed by atoms with Crippen molar-refractivity contribution in [2.75, 3.05) is 6.61 Å². The maximum atomic E-state index is 12.0. The van der Waals surface area contributed by atoms with Crippen LogP contribution < -0.4 is 15.7 Å². The number of aliphatic hydroxyl groups excluding tert-OH is 1. The predicted octanol–water partition coefficient (Wildman–Crippen LogP) is -0.0570. The summed E-state index contributed by atoms with van der Waals surface area (Å²) >= 11 is 0.143. The second kappa shape index (κ2) is 6.84. The molecule has 122 valence electrons. The van der Waals surface area contributed by atoms with Crippen molar-refractivity contribution < 1.29 is 9.84 Å². The van der Waals surface area contributed by atoms with E-state index in [2.05, 4.69) is 17.1 Å². The minimum absolute atomic E-state index is 0.0766. The molecule has 1 aliphatic heterocycles. The van der Waals surface area contributed by atoms with Crippen molar-refractivity contribution in [1.82, 2.24) is 9.55 Å². The van der Waals surface area contributed by atoms with Crippen molar-refractivity contribution in [2.24, 2.45) is 0 Å². The van der Waals surface area contributed by atoms with Gasteiger partial charge in [-0.25, -0.2) is 0 Å². The Labute approximate surface area is 139 Å². The number of hydrogen-bond acceptors (Lipinski definition) is 4. The van der Waals surface area contributed by atoms with Crippen LogP contribution in [0.25, 0.3) is 0 Å². The van der Waals surface area contributed by atoms with Gasteiger partial charge in [-0.15, -0.1) is 0 Å². The van der Waals surface area contributed by atoms with E-state index < -0.39 is 11.9 Å². The van der Waals surface area contributed by atoms with Gasteiger partial charge < -0.3 is 0 Å². The molecule has 7 heteroatoms. The summed E-state index contributed by atoms with van der Waals surface area (Å²) < 4.78 is 8.51. The Morgan fingerprint density at radius 1 is 1.35 bits per heavy atom. The van der Waals surface area contributed by atoms with Gasteiger partial charge in [-0.05, 0) is 0 Å². The van der Waals surface area contributed by atoms with Crippen LogP contribution in [0.4, 0.5) is 0 Å². The zero-order valence-electron chi connectivity index (χ0n) is 12.6. The number of H-pyrrole nitrogens is 1. The molecule has 23 heavy (non-hydrogen) atoms. The summed E-state index contributed by atoms with van der Waals surface area (Å²) in [6.45, 7) is 1.57. The van der Waals surface area contributed by atoms with Crippen molar-refractivity contribution in [3.8, 4) is 0 Å². The number of aryl methyl sites for hydroxylation is 1. The second-order valence-corrected chi connectivity index (χ2v) is 8.25. The van der Waals surface area contributed by atoms with Crippen LogP contribution in [0.3, 0.4) is 0 Å². The van der Waals surface area contributed by atoms with E-state index in [4.69, 9.17) is 4.74 Å². The number of nitrogens with one attached hydrogen (secondary N) is 1. The minimum atomic E-state index is -0.477. The summed E-state index contributed by atoms with van der Waals surface area (Å²) in [4.78, 5) is 26.0. The van der Waals surface area contributed by atoms with Gasteiger partial charge in [-0.1, -0.05) is 0 Å². The topological polar surface area (TPSA) is 84.3 Å². The van der Waals surface area contributed by atoms with E-state index in [1.165, 1.54) is 15.2 Å². The number of aliphatic hydroxyl groups is 1. The first kappa shape index (κ1) is 16.2. The molecule has 0 aliphatic carbocycles. The van der Waals surface area contributed by atoms with Gasteiger partial charge in [0.25, 0.3) is 0 Å². The number of nitrogens with zero attached hydrogens (tertiary/aromatic N) is 1. The third-order valence-corrected chi connectivity index (χ3v) is 6.67. The molecule has 0 saturated carbocycles. The molecule has 0 spiro atoms. The third-order valence-electron chi connectivity index (χ3n) is 3.85. The molecule has 0 radical (unpaired) electrons. The molecule has 0 bridgehead atoms. The Balaban J connectivity index is 1.83. The van der Waals surface area contributed by atoms with Gasteiger partial charge in [0.15, 0.2) is 0 Å². The molecule has 0 amide bonds. The van der Waals surface area contributed by atoms with E-state index in [1.807, 2.05) is 18.2 Å². The molecule has 1 aromatic heterocycles. The monoisotopic (exact) mass is 382 g/mol. The summed E-state index contributed by atoms with van der Waals surface area (Å²) in [5, 5.41) is 9.59. The van der Waals surface area contributed by atoms with E-state index >= 15 is 0 Å². The summed E-state index contributed by atoms with van der Waals surface area (Å²) in [6.07, 6.45) is 1.43. The quantitative estimate of drug-likeness (QED) is 0.727. The Hall–Kier alpha value is -1.66. The fourth-order valence-electron chi connectivity index (χ4n) is 2.63. The molecule has 0 unspecified atom stereocenters. The summed E-state index contributed by atoms with van der Waals surface area (Å²) in [5.41, 5.74) is -0.395. The van der Waals surface area contributed by atoms with E-state index in [-0.39, 0.29) is 38.0 Å². The van der Waals surface area contributed by atoms with E-state index in [9.17, 15) is 14.7 Å². The standard InChI is InChI=1S/C16H18N2O4Se/c1-10-8-18(16(21)17-15(10)20)14-7-13(12(9-19)22-14)23-11-5-3-2-4-6-11/h2-6,8,12-14,19H,7,9H2,1H3,(H,17,20,21)/t12-,13-,14-/m1/s1. The average Bonchev–Trinajstić information content (AvgIpc) is 2.94. The molecule has 3 atom stereocenters. The van der Waals surface area contributed by atoms with E-state index in [0.717, 1.165) is 0 Å². The fraction of sp³-hybridized carbons (Fsp3) is 0.375.